The lowest BCUT2D eigenvalue weighted by Crippen LogP contribution is -2.37. The van der Waals surface area contributed by atoms with Gasteiger partial charge in [0.1, 0.15) is 0 Å². The van der Waals surface area contributed by atoms with E-state index in [1.165, 1.54) is 16.4 Å². The second-order valence-corrected chi connectivity index (χ2v) is 8.59. The maximum atomic E-state index is 12.7. The maximum absolute atomic E-state index is 12.7. The lowest BCUT2D eigenvalue weighted by atomic mass is 10.0. The molecule has 138 valence electrons. The zero-order chi connectivity index (χ0) is 18.6. The van der Waals surface area contributed by atoms with E-state index in [2.05, 4.69) is 17.2 Å². The van der Waals surface area contributed by atoms with E-state index in [-0.39, 0.29) is 10.8 Å². The Morgan fingerprint density at radius 3 is 2.50 bits per heavy atom. The van der Waals surface area contributed by atoms with E-state index in [4.69, 9.17) is 0 Å². The van der Waals surface area contributed by atoms with Gasteiger partial charge < -0.3 is 5.32 Å². The number of hydrogen-bond donors (Lipinski definition) is 1. The summed E-state index contributed by atoms with van der Waals surface area (Å²) in [6, 6.07) is 9.81. The quantitative estimate of drug-likeness (QED) is 0.873. The summed E-state index contributed by atoms with van der Waals surface area (Å²) in [7, 11) is -3.49. The highest BCUT2D eigenvalue weighted by Crippen LogP contribution is 2.23. The number of aromatic nitrogens is 1. The lowest BCUT2D eigenvalue weighted by Gasteiger charge is -2.29. The lowest BCUT2D eigenvalue weighted by molar-refractivity contribution is 0.0950. The molecule has 6 nitrogen and oxygen atoms in total. The molecule has 0 aliphatic carbocycles. The molecule has 2 heterocycles. The van der Waals surface area contributed by atoms with E-state index in [1.807, 2.05) is 12.1 Å². The van der Waals surface area contributed by atoms with Crippen molar-refractivity contribution < 1.29 is 13.2 Å². The summed E-state index contributed by atoms with van der Waals surface area (Å²) in [5.41, 5.74) is 1.33. The number of pyridine rings is 1. The van der Waals surface area contributed by atoms with Gasteiger partial charge in [-0.25, -0.2) is 8.42 Å². The molecule has 0 saturated carbocycles. The van der Waals surface area contributed by atoms with Gasteiger partial charge in [0.05, 0.1) is 4.90 Å². The summed E-state index contributed by atoms with van der Waals surface area (Å²) in [5.74, 6) is 0.317. The van der Waals surface area contributed by atoms with Crippen molar-refractivity contribution >= 4 is 15.9 Å². The molecule has 1 aliphatic rings. The zero-order valence-corrected chi connectivity index (χ0v) is 15.6. The highest BCUT2D eigenvalue weighted by Gasteiger charge is 2.28. The van der Waals surface area contributed by atoms with Gasteiger partial charge in [0.25, 0.3) is 5.91 Å². The van der Waals surface area contributed by atoms with Gasteiger partial charge in [-0.3, -0.25) is 9.78 Å². The first-order chi connectivity index (χ1) is 12.5. The molecule has 1 amide bonds. The first-order valence-electron chi connectivity index (χ1n) is 8.74. The van der Waals surface area contributed by atoms with E-state index in [0.717, 1.165) is 18.4 Å². The van der Waals surface area contributed by atoms with E-state index in [0.29, 0.717) is 31.1 Å². The van der Waals surface area contributed by atoms with Gasteiger partial charge in [-0.05, 0) is 54.7 Å². The third kappa shape index (κ3) is 4.28. The molecule has 0 spiro atoms. The van der Waals surface area contributed by atoms with E-state index in [9.17, 15) is 13.2 Å². The predicted molar refractivity (Wildman–Crippen MR) is 99.0 cm³/mol. The number of nitrogens with zero attached hydrogens (tertiary/aromatic N) is 2. The summed E-state index contributed by atoms with van der Waals surface area (Å²) >= 11 is 0. The molecule has 1 aromatic carbocycles. The number of piperidine rings is 1. The fourth-order valence-corrected chi connectivity index (χ4v) is 4.41. The minimum absolute atomic E-state index is 0.232. The van der Waals surface area contributed by atoms with Crippen molar-refractivity contribution in [3.63, 3.8) is 0 Å². The Hall–Kier alpha value is -2.25. The zero-order valence-electron chi connectivity index (χ0n) is 14.8. The number of rotatable bonds is 5. The second-order valence-electron chi connectivity index (χ2n) is 6.65. The summed E-state index contributed by atoms with van der Waals surface area (Å²) in [6.07, 6.45) is 5.13. The molecule has 1 saturated heterocycles. The summed E-state index contributed by atoms with van der Waals surface area (Å²) in [6.45, 7) is 3.62. The largest absolute Gasteiger partial charge is 0.348 e. The van der Waals surface area contributed by atoms with Crippen molar-refractivity contribution in [1.29, 1.82) is 0 Å². The van der Waals surface area contributed by atoms with Crippen molar-refractivity contribution in [3.8, 4) is 0 Å². The Morgan fingerprint density at radius 2 is 1.88 bits per heavy atom. The van der Waals surface area contributed by atoms with Crippen LogP contribution in [0.4, 0.5) is 0 Å². The minimum atomic E-state index is -3.49. The number of carbonyl (C=O) groups excluding carboxylic acids is 1. The molecule has 0 atom stereocenters. The number of nitrogens with one attached hydrogen (secondary N) is 1. The summed E-state index contributed by atoms with van der Waals surface area (Å²) in [5, 5.41) is 2.80. The monoisotopic (exact) mass is 373 g/mol. The Bertz CT molecular complexity index is 843. The molecule has 1 aromatic heterocycles. The number of sulfonamides is 1. The normalized spacial score (nSPS) is 16.3. The Labute approximate surface area is 154 Å². The van der Waals surface area contributed by atoms with Gasteiger partial charge >= 0.3 is 0 Å². The number of hydrogen-bond acceptors (Lipinski definition) is 4. The minimum Gasteiger partial charge on any atom is -0.348 e. The van der Waals surface area contributed by atoms with Gasteiger partial charge in [-0.15, -0.1) is 0 Å². The smallest absolute Gasteiger partial charge is 0.251 e. The predicted octanol–water partition coefficient (Wildman–Crippen LogP) is 2.43. The molecule has 7 heteroatoms. The summed E-state index contributed by atoms with van der Waals surface area (Å²) in [4.78, 5) is 16.5. The molecular weight excluding hydrogens is 350 g/mol. The van der Waals surface area contributed by atoms with Gasteiger partial charge in [0, 0.05) is 37.6 Å². The van der Waals surface area contributed by atoms with Crippen LogP contribution in [0.2, 0.25) is 0 Å². The molecule has 0 radical (unpaired) electrons. The third-order valence-corrected chi connectivity index (χ3v) is 6.59. The Kier molecular flexibility index (Phi) is 5.68. The van der Waals surface area contributed by atoms with E-state index < -0.39 is 10.0 Å². The SMILES string of the molecule is CC1CCN(S(=O)(=O)c2ccc(C(=O)NCc3cccnc3)cc2)CC1. The molecule has 26 heavy (non-hydrogen) atoms. The van der Waals surface area contributed by atoms with Crippen molar-refractivity contribution in [2.24, 2.45) is 5.92 Å². The highest BCUT2D eigenvalue weighted by molar-refractivity contribution is 7.89. The maximum Gasteiger partial charge on any atom is 0.251 e. The average molecular weight is 373 g/mol. The molecule has 1 aliphatic heterocycles. The first-order valence-corrected chi connectivity index (χ1v) is 10.2. The molecular formula is C19H23N3O3S. The van der Waals surface area contributed by atoms with Crippen LogP contribution in [0.5, 0.6) is 0 Å². The molecule has 0 unspecified atom stereocenters. The van der Waals surface area contributed by atoms with Gasteiger partial charge in [0.15, 0.2) is 0 Å². The van der Waals surface area contributed by atoms with Crippen LogP contribution >= 0.6 is 0 Å². The Balaban J connectivity index is 1.65. The average Bonchev–Trinajstić information content (AvgIpc) is 2.67. The molecule has 1 fully saturated rings. The van der Waals surface area contributed by atoms with Crippen LogP contribution in [0, 0.1) is 5.92 Å². The molecule has 2 aromatic rings. The van der Waals surface area contributed by atoms with Gasteiger partial charge in [-0.1, -0.05) is 13.0 Å². The van der Waals surface area contributed by atoms with Crippen molar-refractivity contribution in [1.82, 2.24) is 14.6 Å². The first kappa shape index (κ1) is 18.5. The van der Waals surface area contributed by atoms with Crippen LogP contribution in [-0.2, 0) is 16.6 Å². The summed E-state index contributed by atoms with van der Waals surface area (Å²) < 4.78 is 26.9. The number of benzene rings is 1. The molecule has 1 N–H and O–H groups in total. The second kappa shape index (κ2) is 7.97. The topological polar surface area (TPSA) is 79.4 Å². The highest BCUT2D eigenvalue weighted by atomic mass is 32.2. The number of carbonyl (C=O) groups is 1. The van der Waals surface area contributed by atoms with E-state index in [1.54, 1.807) is 24.5 Å². The fraction of sp³-hybridized carbons (Fsp3) is 0.368. The molecule has 3 rings (SSSR count). The van der Waals surface area contributed by atoms with Gasteiger partial charge in [0.2, 0.25) is 10.0 Å². The standard InChI is InChI=1S/C19H23N3O3S/c1-15-8-11-22(12-9-15)26(24,25)18-6-4-17(5-7-18)19(23)21-14-16-3-2-10-20-13-16/h2-7,10,13,15H,8-9,11-12,14H2,1H3,(H,21,23). The Morgan fingerprint density at radius 1 is 1.19 bits per heavy atom. The van der Waals surface area contributed by atoms with Gasteiger partial charge in [-0.2, -0.15) is 4.31 Å². The van der Waals surface area contributed by atoms with Crippen LogP contribution in [0.15, 0.2) is 53.7 Å². The van der Waals surface area contributed by atoms with Crippen LogP contribution in [-0.4, -0.2) is 36.7 Å². The van der Waals surface area contributed by atoms with E-state index >= 15 is 0 Å². The third-order valence-electron chi connectivity index (χ3n) is 4.67. The van der Waals surface area contributed by atoms with Crippen LogP contribution in [0.3, 0.4) is 0 Å². The van der Waals surface area contributed by atoms with Crippen molar-refractivity contribution in [2.75, 3.05) is 13.1 Å². The fourth-order valence-electron chi connectivity index (χ4n) is 2.94. The van der Waals surface area contributed by atoms with Crippen molar-refractivity contribution in [3.05, 3.63) is 59.9 Å². The van der Waals surface area contributed by atoms with Crippen LogP contribution in [0.1, 0.15) is 35.7 Å². The number of amides is 1. The van der Waals surface area contributed by atoms with Crippen LogP contribution in [0.25, 0.3) is 0 Å². The van der Waals surface area contributed by atoms with Crippen LogP contribution < -0.4 is 5.32 Å². The van der Waals surface area contributed by atoms with Crippen molar-refractivity contribution in [2.45, 2.75) is 31.2 Å². The molecule has 0 bridgehead atoms.